The lowest BCUT2D eigenvalue weighted by Gasteiger charge is -2.38. The SMILES string of the molecule is CC(=O)NCc1ccc(C(=O)N2CCCC2C(=O)N2CCN(c3ccc(CN(C)C)cn3)CC2)cc1. The molecule has 4 rings (SSSR count). The molecule has 3 amide bonds. The lowest BCUT2D eigenvalue weighted by Crippen LogP contribution is -2.54. The second kappa shape index (κ2) is 11.5. The minimum Gasteiger partial charge on any atom is -0.353 e. The third-order valence-electron chi connectivity index (χ3n) is 6.76. The summed E-state index contributed by atoms with van der Waals surface area (Å²) >= 11 is 0. The van der Waals surface area contributed by atoms with Gasteiger partial charge in [-0.05, 0) is 56.3 Å². The first kappa shape index (κ1) is 25.6. The largest absolute Gasteiger partial charge is 0.353 e. The molecule has 1 unspecified atom stereocenters. The maximum absolute atomic E-state index is 13.4. The summed E-state index contributed by atoms with van der Waals surface area (Å²) in [5.74, 6) is 0.766. The van der Waals surface area contributed by atoms with Crippen LogP contribution in [0.25, 0.3) is 0 Å². The number of aromatic nitrogens is 1. The van der Waals surface area contributed by atoms with Gasteiger partial charge in [0, 0.05) is 64.5 Å². The Morgan fingerprint density at radius 2 is 1.67 bits per heavy atom. The van der Waals surface area contributed by atoms with Crippen molar-refractivity contribution in [2.75, 3.05) is 51.7 Å². The predicted molar refractivity (Wildman–Crippen MR) is 138 cm³/mol. The van der Waals surface area contributed by atoms with Gasteiger partial charge >= 0.3 is 0 Å². The molecule has 36 heavy (non-hydrogen) atoms. The van der Waals surface area contributed by atoms with E-state index < -0.39 is 6.04 Å². The van der Waals surface area contributed by atoms with E-state index in [2.05, 4.69) is 32.2 Å². The van der Waals surface area contributed by atoms with Gasteiger partial charge in [-0.1, -0.05) is 18.2 Å². The van der Waals surface area contributed by atoms with Crippen molar-refractivity contribution < 1.29 is 14.4 Å². The number of carbonyl (C=O) groups is 3. The number of likely N-dealkylation sites (tertiary alicyclic amines) is 1. The molecule has 0 bridgehead atoms. The van der Waals surface area contributed by atoms with Crippen LogP contribution in [0.3, 0.4) is 0 Å². The standard InChI is InChI=1S/C27H36N6O3/c1-20(34)28-17-21-6-9-23(10-7-21)26(35)33-12-4-5-24(33)27(36)32-15-13-31(14-16-32)25-11-8-22(18-29-25)19-30(2)3/h6-11,18,24H,4-5,12-17,19H2,1-3H3,(H,28,34). The highest BCUT2D eigenvalue weighted by molar-refractivity contribution is 5.98. The Kier molecular flexibility index (Phi) is 8.20. The van der Waals surface area contributed by atoms with Crippen LogP contribution in [0.15, 0.2) is 42.6 Å². The highest BCUT2D eigenvalue weighted by Crippen LogP contribution is 2.24. The van der Waals surface area contributed by atoms with Crippen molar-refractivity contribution in [2.24, 2.45) is 0 Å². The van der Waals surface area contributed by atoms with Crippen molar-refractivity contribution in [3.8, 4) is 0 Å². The van der Waals surface area contributed by atoms with Crippen molar-refractivity contribution in [3.05, 3.63) is 59.3 Å². The van der Waals surface area contributed by atoms with Crippen molar-refractivity contribution in [1.29, 1.82) is 0 Å². The quantitative estimate of drug-likeness (QED) is 0.633. The highest BCUT2D eigenvalue weighted by atomic mass is 16.2. The number of hydrogen-bond donors (Lipinski definition) is 1. The zero-order valence-corrected chi connectivity index (χ0v) is 21.4. The molecule has 1 N–H and O–H groups in total. The normalized spacial score (nSPS) is 18.0. The van der Waals surface area contributed by atoms with Crippen LogP contribution in [0.4, 0.5) is 5.82 Å². The first-order valence-electron chi connectivity index (χ1n) is 12.6. The van der Waals surface area contributed by atoms with E-state index >= 15 is 0 Å². The highest BCUT2D eigenvalue weighted by Gasteiger charge is 2.37. The molecule has 0 spiro atoms. The number of benzene rings is 1. The first-order valence-corrected chi connectivity index (χ1v) is 12.6. The zero-order valence-electron chi connectivity index (χ0n) is 21.4. The van der Waals surface area contributed by atoms with Crippen LogP contribution in [0.2, 0.25) is 0 Å². The van der Waals surface area contributed by atoms with Crippen LogP contribution in [-0.4, -0.2) is 90.3 Å². The van der Waals surface area contributed by atoms with Crippen LogP contribution in [-0.2, 0) is 22.7 Å². The summed E-state index contributed by atoms with van der Waals surface area (Å²) in [6, 6.07) is 11.0. The molecule has 1 aromatic carbocycles. The van der Waals surface area contributed by atoms with Crippen molar-refractivity contribution in [1.82, 2.24) is 25.0 Å². The van der Waals surface area contributed by atoms with Crippen molar-refractivity contribution >= 4 is 23.5 Å². The van der Waals surface area contributed by atoms with Crippen molar-refractivity contribution in [2.45, 2.75) is 38.9 Å². The Morgan fingerprint density at radius 1 is 0.972 bits per heavy atom. The second-order valence-corrected chi connectivity index (χ2v) is 9.84. The molecule has 9 heteroatoms. The Morgan fingerprint density at radius 3 is 2.28 bits per heavy atom. The third kappa shape index (κ3) is 6.20. The van der Waals surface area contributed by atoms with Gasteiger partial charge in [0.1, 0.15) is 11.9 Å². The summed E-state index contributed by atoms with van der Waals surface area (Å²) in [5.41, 5.74) is 2.66. The van der Waals surface area contributed by atoms with E-state index in [9.17, 15) is 14.4 Å². The van der Waals surface area contributed by atoms with E-state index in [0.29, 0.717) is 38.2 Å². The van der Waals surface area contributed by atoms with Gasteiger partial charge in [-0.3, -0.25) is 14.4 Å². The van der Waals surface area contributed by atoms with Crippen LogP contribution in [0.5, 0.6) is 0 Å². The summed E-state index contributed by atoms with van der Waals surface area (Å²) in [6.07, 6.45) is 3.44. The molecule has 0 saturated carbocycles. The van der Waals surface area contributed by atoms with Crippen LogP contribution >= 0.6 is 0 Å². The van der Waals surface area contributed by atoms with Gasteiger partial charge in [-0.15, -0.1) is 0 Å². The van der Waals surface area contributed by atoms with Gasteiger partial charge in [-0.2, -0.15) is 0 Å². The van der Waals surface area contributed by atoms with Gasteiger partial charge < -0.3 is 24.9 Å². The molecule has 0 aliphatic carbocycles. The average Bonchev–Trinajstić information content (AvgIpc) is 3.37. The van der Waals surface area contributed by atoms with Crippen molar-refractivity contribution in [3.63, 3.8) is 0 Å². The number of rotatable bonds is 7. The van der Waals surface area contributed by atoms with E-state index in [1.54, 1.807) is 17.0 Å². The fourth-order valence-electron chi connectivity index (χ4n) is 4.85. The van der Waals surface area contributed by atoms with Crippen LogP contribution in [0, 0.1) is 0 Å². The topological polar surface area (TPSA) is 89.1 Å². The Labute approximate surface area is 213 Å². The molecule has 2 aliphatic heterocycles. The van der Waals surface area contributed by atoms with Gasteiger partial charge in [0.2, 0.25) is 11.8 Å². The number of hydrogen-bond acceptors (Lipinski definition) is 6. The molecular weight excluding hydrogens is 456 g/mol. The maximum Gasteiger partial charge on any atom is 0.254 e. The number of piperazine rings is 1. The monoisotopic (exact) mass is 492 g/mol. The molecule has 1 aromatic heterocycles. The lowest BCUT2D eigenvalue weighted by atomic mass is 10.1. The van der Waals surface area contributed by atoms with E-state index in [0.717, 1.165) is 37.4 Å². The third-order valence-corrected chi connectivity index (χ3v) is 6.76. The van der Waals surface area contributed by atoms with Crippen LogP contribution < -0.4 is 10.2 Å². The van der Waals surface area contributed by atoms with E-state index in [1.165, 1.54) is 12.5 Å². The molecule has 2 saturated heterocycles. The minimum absolute atomic E-state index is 0.0390. The Bertz CT molecular complexity index is 1060. The predicted octanol–water partition coefficient (Wildman–Crippen LogP) is 1.73. The number of amides is 3. The number of anilines is 1. The zero-order chi connectivity index (χ0) is 25.7. The molecule has 9 nitrogen and oxygen atoms in total. The molecular formula is C27H36N6O3. The van der Waals surface area contributed by atoms with Gasteiger partial charge in [-0.25, -0.2) is 4.98 Å². The molecule has 3 heterocycles. The maximum atomic E-state index is 13.4. The lowest BCUT2D eigenvalue weighted by molar-refractivity contribution is -0.135. The average molecular weight is 493 g/mol. The summed E-state index contributed by atoms with van der Waals surface area (Å²) in [7, 11) is 4.07. The van der Waals surface area contributed by atoms with Crippen LogP contribution in [0.1, 0.15) is 41.3 Å². The minimum atomic E-state index is -0.411. The smallest absolute Gasteiger partial charge is 0.254 e. The molecule has 0 radical (unpaired) electrons. The van der Waals surface area contributed by atoms with E-state index in [1.807, 2.05) is 37.3 Å². The van der Waals surface area contributed by atoms with E-state index in [-0.39, 0.29) is 17.7 Å². The Balaban J connectivity index is 1.33. The van der Waals surface area contributed by atoms with E-state index in [4.69, 9.17) is 0 Å². The number of pyridine rings is 1. The summed E-state index contributed by atoms with van der Waals surface area (Å²) in [5, 5.41) is 2.75. The number of carbonyl (C=O) groups excluding carboxylic acids is 3. The molecule has 192 valence electrons. The first-order chi connectivity index (χ1) is 17.3. The Hall–Kier alpha value is -3.46. The fraction of sp³-hybridized carbons (Fsp3) is 0.481. The number of nitrogens with one attached hydrogen (secondary N) is 1. The summed E-state index contributed by atoms with van der Waals surface area (Å²) in [6.45, 7) is 6.04. The second-order valence-electron chi connectivity index (χ2n) is 9.84. The van der Waals surface area contributed by atoms with Gasteiger partial charge in [0.25, 0.3) is 5.91 Å². The molecule has 2 aliphatic rings. The van der Waals surface area contributed by atoms with Gasteiger partial charge in [0.15, 0.2) is 0 Å². The fourth-order valence-corrected chi connectivity index (χ4v) is 4.85. The molecule has 1 atom stereocenters. The molecule has 2 fully saturated rings. The summed E-state index contributed by atoms with van der Waals surface area (Å²) < 4.78 is 0. The number of nitrogens with zero attached hydrogens (tertiary/aromatic N) is 5. The van der Waals surface area contributed by atoms with Gasteiger partial charge in [0.05, 0.1) is 0 Å². The molecule has 2 aromatic rings. The summed E-state index contributed by atoms with van der Waals surface area (Å²) in [4.78, 5) is 50.3.